The predicted molar refractivity (Wildman–Crippen MR) is 75.3 cm³/mol. The number of hydrogen-bond donors (Lipinski definition) is 2. The number of rotatable bonds is 4. The molecule has 0 saturated heterocycles. The molecule has 1 saturated carbocycles. The Morgan fingerprint density at radius 3 is 2.44 bits per heavy atom. The van der Waals surface area contributed by atoms with Gasteiger partial charge in [-0.15, -0.1) is 0 Å². The molecule has 0 heterocycles. The molecule has 1 fully saturated rings. The number of amidine groups is 1. The molecular formula is C14H25N3O. The predicted octanol–water partition coefficient (Wildman–Crippen LogP) is 2.35. The van der Waals surface area contributed by atoms with Gasteiger partial charge in [-0.2, -0.15) is 0 Å². The first kappa shape index (κ1) is 14.7. The van der Waals surface area contributed by atoms with Gasteiger partial charge in [0.15, 0.2) is 5.84 Å². The van der Waals surface area contributed by atoms with Gasteiger partial charge in [-0.25, -0.2) is 0 Å². The van der Waals surface area contributed by atoms with Gasteiger partial charge in [-0.1, -0.05) is 38.2 Å². The largest absolute Gasteiger partial charge is 0.363 e. The topological polar surface area (TPSA) is 67.5 Å². The van der Waals surface area contributed by atoms with Crippen LogP contribution in [-0.4, -0.2) is 18.8 Å². The van der Waals surface area contributed by atoms with Crippen molar-refractivity contribution in [2.24, 2.45) is 16.6 Å². The van der Waals surface area contributed by atoms with Gasteiger partial charge >= 0.3 is 0 Å². The lowest BCUT2D eigenvalue weighted by Gasteiger charge is -2.18. The molecule has 1 aliphatic rings. The van der Waals surface area contributed by atoms with Gasteiger partial charge in [-0.3, -0.25) is 9.79 Å². The van der Waals surface area contributed by atoms with Crippen LogP contribution in [-0.2, 0) is 4.79 Å². The van der Waals surface area contributed by atoms with Crippen molar-refractivity contribution in [1.82, 2.24) is 5.32 Å². The minimum atomic E-state index is -0.495. The van der Waals surface area contributed by atoms with Crippen molar-refractivity contribution in [2.75, 3.05) is 7.05 Å². The summed E-state index contributed by atoms with van der Waals surface area (Å²) in [5.41, 5.74) is 7.70. The van der Waals surface area contributed by atoms with E-state index in [1.165, 1.54) is 31.3 Å². The second kappa shape index (κ2) is 7.19. The Balaban J connectivity index is 2.76. The number of nitrogens with zero attached hydrogens (tertiary/aromatic N) is 1. The van der Waals surface area contributed by atoms with Crippen LogP contribution >= 0.6 is 0 Å². The maximum Gasteiger partial charge on any atom is 0.284 e. The Bertz CT molecular complexity index is 352. The number of carbonyl (C=O) groups is 1. The third-order valence-electron chi connectivity index (χ3n) is 3.74. The molecule has 102 valence electrons. The molecule has 3 N–H and O–H groups in total. The fourth-order valence-electron chi connectivity index (χ4n) is 2.42. The molecule has 1 rings (SSSR count). The van der Waals surface area contributed by atoms with Crippen molar-refractivity contribution in [1.29, 1.82) is 0 Å². The number of carbonyl (C=O) groups excluding carboxylic acids is 1. The van der Waals surface area contributed by atoms with Crippen molar-refractivity contribution in [3.63, 3.8) is 0 Å². The first-order valence-electron chi connectivity index (χ1n) is 6.80. The van der Waals surface area contributed by atoms with Crippen LogP contribution in [0.2, 0.25) is 0 Å². The lowest BCUT2D eigenvalue weighted by Crippen LogP contribution is -2.36. The molecule has 0 unspecified atom stereocenters. The van der Waals surface area contributed by atoms with E-state index in [1.807, 2.05) is 0 Å². The van der Waals surface area contributed by atoms with E-state index in [9.17, 15) is 4.79 Å². The summed E-state index contributed by atoms with van der Waals surface area (Å²) in [6.45, 7) is 4.23. The standard InChI is InChI=1S/C14H25N3O/c1-4-10(2)12(9-11-7-5-6-8-11)17-14(16-3)13(15)18/h11H,4-9H2,1-3H3,(H2,15,18)(H,16,17). The van der Waals surface area contributed by atoms with Crippen LogP contribution < -0.4 is 11.1 Å². The quantitative estimate of drug-likeness (QED) is 0.595. The minimum Gasteiger partial charge on any atom is -0.363 e. The molecule has 0 aromatic carbocycles. The monoisotopic (exact) mass is 251 g/mol. The molecule has 0 radical (unpaired) electrons. The van der Waals surface area contributed by atoms with E-state index in [2.05, 4.69) is 24.2 Å². The maximum atomic E-state index is 11.2. The van der Waals surface area contributed by atoms with E-state index in [-0.39, 0.29) is 5.84 Å². The molecule has 1 amide bonds. The highest BCUT2D eigenvalue weighted by Crippen LogP contribution is 2.30. The van der Waals surface area contributed by atoms with Crippen LogP contribution in [0.1, 0.15) is 52.4 Å². The van der Waals surface area contributed by atoms with Crippen LogP contribution in [0, 0.1) is 5.92 Å². The summed E-state index contributed by atoms with van der Waals surface area (Å²) in [4.78, 5) is 15.1. The number of nitrogens with one attached hydrogen (secondary N) is 1. The van der Waals surface area contributed by atoms with Gasteiger partial charge < -0.3 is 11.1 Å². The molecule has 0 aromatic heterocycles. The number of hydrogen-bond acceptors (Lipinski definition) is 2. The van der Waals surface area contributed by atoms with Gasteiger partial charge in [0.05, 0.1) is 0 Å². The SMILES string of the molecule is CCC(C)=C(CC1CCCC1)NC(=NC)C(N)=O. The zero-order chi connectivity index (χ0) is 13.5. The molecule has 0 bridgehead atoms. The lowest BCUT2D eigenvalue weighted by molar-refractivity contribution is -0.112. The number of aliphatic imine (C=N–C) groups is 1. The van der Waals surface area contributed by atoms with Crippen molar-refractivity contribution in [2.45, 2.75) is 52.4 Å². The van der Waals surface area contributed by atoms with E-state index in [0.717, 1.165) is 24.5 Å². The molecule has 1 aliphatic carbocycles. The second-order valence-electron chi connectivity index (χ2n) is 5.03. The molecule has 4 nitrogen and oxygen atoms in total. The number of amides is 1. The van der Waals surface area contributed by atoms with Crippen LogP contribution in [0.4, 0.5) is 0 Å². The summed E-state index contributed by atoms with van der Waals surface area (Å²) < 4.78 is 0. The van der Waals surface area contributed by atoms with Crippen molar-refractivity contribution >= 4 is 11.7 Å². The second-order valence-corrected chi connectivity index (χ2v) is 5.03. The molecule has 0 spiro atoms. The van der Waals surface area contributed by atoms with Crippen LogP contribution in [0.3, 0.4) is 0 Å². The smallest absolute Gasteiger partial charge is 0.284 e. The Labute approximate surface area is 110 Å². The normalized spacial score (nSPS) is 18.7. The third kappa shape index (κ3) is 4.17. The third-order valence-corrected chi connectivity index (χ3v) is 3.74. The first-order chi connectivity index (χ1) is 8.58. The molecule has 0 atom stereocenters. The zero-order valence-electron chi connectivity index (χ0n) is 11.8. The Morgan fingerprint density at radius 1 is 1.39 bits per heavy atom. The van der Waals surface area contributed by atoms with Crippen LogP contribution in [0.5, 0.6) is 0 Å². The van der Waals surface area contributed by atoms with Gasteiger partial charge in [0.1, 0.15) is 0 Å². The number of primary amides is 1. The van der Waals surface area contributed by atoms with Crippen molar-refractivity contribution in [3.8, 4) is 0 Å². The Kier molecular flexibility index (Phi) is 5.89. The highest BCUT2D eigenvalue weighted by Gasteiger charge is 2.19. The molecule has 4 heteroatoms. The average Bonchev–Trinajstić information content (AvgIpc) is 2.85. The lowest BCUT2D eigenvalue weighted by atomic mass is 9.98. The van der Waals surface area contributed by atoms with Crippen molar-refractivity contribution in [3.05, 3.63) is 11.3 Å². The molecule has 0 aromatic rings. The summed E-state index contributed by atoms with van der Waals surface area (Å²) in [5, 5.41) is 3.14. The fourth-order valence-corrected chi connectivity index (χ4v) is 2.42. The minimum absolute atomic E-state index is 0.260. The summed E-state index contributed by atoms with van der Waals surface area (Å²) in [6.07, 6.45) is 7.22. The van der Waals surface area contributed by atoms with Gasteiger partial charge in [-0.05, 0) is 25.7 Å². The summed E-state index contributed by atoms with van der Waals surface area (Å²) in [7, 11) is 1.58. The first-order valence-corrected chi connectivity index (χ1v) is 6.80. The maximum absolute atomic E-state index is 11.2. The highest BCUT2D eigenvalue weighted by molar-refractivity contribution is 6.37. The number of nitrogens with two attached hydrogens (primary N) is 1. The van der Waals surface area contributed by atoms with E-state index in [4.69, 9.17) is 5.73 Å². The van der Waals surface area contributed by atoms with Crippen LogP contribution in [0.15, 0.2) is 16.3 Å². The van der Waals surface area contributed by atoms with E-state index in [1.54, 1.807) is 7.05 Å². The molecule has 18 heavy (non-hydrogen) atoms. The fraction of sp³-hybridized carbons (Fsp3) is 0.714. The molecule has 0 aliphatic heterocycles. The van der Waals surface area contributed by atoms with E-state index in [0.29, 0.717) is 0 Å². The highest BCUT2D eigenvalue weighted by atomic mass is 16.1. The molecular weight excluding hydrogens is 226 g/mol. The summed E-state index contributed by atoms with van der Waals surface area (Å²) >= 11 is 0. The zero-order valence-corrected chi connectivity index (χ0v) is 11.8. The Hall–Kier alpha value is -1.32. The van der Waals surface area contributed by atoms with Gasteiger partial charge in [0, 0.05) is 12.7 Å². The van der Waals surface area contributed by atoms with Gasteiger partial charge in [0.2, 0.25) is 0 Å². The van der Waals surface area contributed by atoms with Crippen molar-refractivity contribution < 1.29 is 4.79 Å². The number of allylic oxidation sites excluding steroid dienone is 2. The Morgan fingerprint density at radius 2 is 2.00 bits per heavy atom. The summed E-state index contributed by atoms with van der Waals surface area (Å²) in [6, 6.07) is 0. The van der Waals surface area contributed by atoms with E-state index >= 15 is 0 Å². The summed E-state index contributed by atoms with van der Waals surface area (Å²) in [5.74, 6) is 0.501. The van der Waals surface area contributed by atoms with Crippen LogP contribution in [0.25, 0.3) is 0 Å². The van der Waals surface area contributed by atoms with E-state index < -0.39 is 5.91 Å². The van der Waals surface area contributed by atoms with Gasteiger partial charge in [0.25, 0.3) is 5.91 Å². The average molecular weight is 251 g/mol.